The summed E-state index contributed by atoms with van der Waals surface area (Å²) in [5.41, 5.74) is 2.09. The lowest BCUT2D eigenvalue weighted by Gasteiger charge is -2.14. The first-order valence-electron chi connectivity index (χ1n) is 6.69. The molecule has 6 heteroatoms. The second kappa shape index (κ2) is 6.27. The van der Waals surface area contributed by atoms with E-state index in [4.69, 9.17) is 9.47 Å². The highest BCUT2D eigenvalue weighted by atomic mass is 32.2. The summed E-state index contributed by atoms with van der Waals surface area (Å²) < 4.78 is 38.1. The number of ether oxygens (including phenoxy) is 2. The Morgan fingerprint density at radius 3 is 2.14 bits per heavy atom. The van der Waals surface area contributed by atoms with E-state index in [-0.39, 0.29) is 4.90 Å². The first kappa shape index (κ1) is 16.2. The van der Waals surface area contributed by atoms with Crippen molar-refractivity contribution >= 4 is 15.7 Å². The lowest BCUT2D eigenvalue weighted by molar-refractivity contribution is 0.399. The van der Waals surface area contributed by atoms with Gasteiger partial charge in [0.1, 0.15) is 16.4 Å². The highest BCUT2D eigenvalue weighted by molar-refractivity contribution is 7.92. The maximum atomic E-state index is 12.6. The number of aryl methyl sites for hydroxylation is 2. The molecule has 0 fully saturated rings. The minimum Gasteiger partial charge on any atom is -0.497 e. The van der Waals surface area contributed by atoms with Crippen LogP contribution in [0.1, 0.15) is 11.1 Å². The van der Waals surface area contributed by atoms with Crippen molar-refractivity contribution in [2.24, 2.45) is 0 Å². The molecule has 0 aliphatic carbocycles. The van der Waals surface area contributed by atoms with E-state index in [1.807, 2.05) is 19.9 Å². The summed E-state index contributed by atoms with van der Waals surface area (Å²) in [6.07, 6.45) is 0. The number of nitrogens with one attached hydrogen (secondary N) is 1. The molecule has 2 rings (SSSR count). The first-order valence-corrected chi connectivity index (χ1v) is 8.18. The summed E-state index contributed by atoms with van der Waals surface area (Å²) in [6.45, 7) is 3.66. The molecule has 0 aromatic heterocycles. The molecule has 0 saturated heterocycles. The van der Waals surface area contributed by atoms with Crippen molar-refractivity contribution in [3.63, 3.8) is 0 Å². The number of benzene rings is 2. The summed E-state index contributed by atoms with van der Waals surface area (Å²) in [6, 6.07) is 10.1. The average Bonchev–Trinajstić information content (AvgIpc) is 2.47. The fourth-order valence-electron chi connectivity index (χ4n) is 2.25. The number of sulfonamides is 1. The molecule has 0 atom stereocenters. The summed E-state index contributed by atoms with van der Waals surface area (Å²) in [4.78, 5) is 0.128. The zero-order chi connectivity index (χ0) is 16.3. The van der Waals surface area contributed by atoms with Gasteiger partial charge < -0.3 is 9.47 Å². The molecule has 0 amide bonds. The topological polar surface area (TPSA) is 64.6 Å². The van der Waals surface area contributed by atoms with Crippen LogP contribution in [-0.2, 0) is 10.0 Å². The van der Waals surface area contributed by atoms with Gasteiger partial charge in [0, 0.05) is 5.69 Å². The average molecular weight is 321 g/mol. The van der Waals surface area contributed by atoms with Crippen LogP contribution in [0.15, 0.2) is 41.3 Å². The van der Waals surface area contributed by atoms with Crippen LogP contribution >= 0.6 is 0 Å². The Bertz CT molecular complexity index is 767. The van der Waals surface area contributed by atoms with Crippen molar-refractivity contribution in [3.8, 4) is 11.5 Å². The molecule has 0 saturated carbocycles. The van der Waals surface area contributed by atoms with Gasteiger partial charge in [0.25, 0.3) is 10.0 Å². The van der Waals surface area contributed by atoms with Gasteiger partial charge in [-0.3, -0.25) is 4.72 Å². The molecule has 2 aromatic rings. The van der Waals surface area contributed by atoms with Crippen LogP contribution in [-0.4, -0.2) is 22.6 Å². The molecule has 5 nitrogen and oxygen atoms in total. The molecule has 0 aliphatic rings. The van der Waals surface area contributed by atoms with Crippen LogP contribution in [0.3, 0.4) is 0 Å². The third-order valence-corrected chi connectivity index (χ3v) is 4.61. The summed E-state index contributed by atoms with van der Waals surface area (Å²) in [5, 5.41) is 0. The van der Waals surface area contributed by atoms with Crippen molar-refractivity contribution in [2.75, 3.05) is 18.9 Å². The largest absolute Gasteiger partial charge is 0.497 e. The Kier molecular flexibility index (Phi) is 4.61. The van der Waals surface area contributed by atoms with Crippen molar-refractivity contribution in [1.29, 1.82) is 0 Å². The molecule has 0 spiro atoms. The van der Waals surface area contributed by atoms with Gasteiger partial charge >= 0.3 is 0 Å². The van der Waals surface area contributed by atoms with E-state index in [1.54, 1.807) is 37.4 Å². The van der Waals surface area contributed by atoms with Crippen LogP contribution in [0.4, 0.5) is 5.69 Å². The maximum absolute atomic E-state index is 12.6. The van der Waals surface area contributed by atoms with Crippen LogP contribution in [0.2, 0.25) is 0 Å². The van der Waals surface area contributed by atoms with Gasteiger partial charge in [-0.1, -0.05) is 6.07 Å². The molecule has 118 valence electrons. The third-order valence-electron chi connectivity index (χ3n) is 3.22. The van der Waals surface area contributed by atoms with Crippen LogP contribution in [0, 0.1) is 13.8 Å². The van der Waals surface area contributed by atoms with Gasteiger partial charge in [-0.15, -0.1) is 0 Å². The molecular formula is C16H19NO4S. The standard InChI is InChI=1S/C16H19NO4S/c1-11-9-12(2)16(21-4)15(10-11)22(18,19)17-13-5-7-14(20-3)8-6-13/h5-10,17H,1-4H3. The fraction of sp³-hybridized carbons (Fsp3) is 0.250. The van der Waals surface area contributed by atoms with E-state index in [0.29, 0.717) is 17.2 Å². The highest BCUT2D eigenvalue weighted by Crippen LogP contribution is 2.30. The smallest absolute Gasteiger partial charge is 0.265 e. The predicted octanol–water partition coefficient (Wildman–Crippen LogP) is 3.12. The second-order valence-electron chi connectivity index (χ2n) is 4.95. The summed E-state index contributed by atoms with van der Waals surface area (Å²) in [7, 11) is -0.719. The van der Waals surface area contributed by atoms with E-state index in [2.05, 4.69) is 4.72 Å². The molecule has 0 unspecified atom stereocenters. The highest BCUT2D eigenvalue weighted by Gasteiger charge is 2.21. The fourth-order valence-corrected chi connectivity index (χ4v) is 3.63. The number of rotatable bonds is 5. The maximum Gasteiger partial charge on any atom is 0.265 e. The van der Waals surface area contributed by atoms with E-state index >= 15 is 0 Å². The lowest BCUT2D eigenvalue weighted by Crippen LogP contribution is -2.14. The molecule has 0 radical (unpaired) electrons. The SMILES string of the molecule is COc1ccc(NS(=O)(=O)c2cc(C)cc(C)c2OC)cc1. The van der Waals surface area contributed by atoms with E-state index in [0.717, 1.165) is 11.1 Å². The van der Waals surface area contributed by atoms with Crippen molar-refractivity contribution in [2.45, 2.75) is 18.7 Å². The molecule has 0 aliphatic heterocycles. The second-order valence-corrected chi connectivity index (χ2v) is 6.60. The van der Waals surface area contributed by atoms with Crippen LogP contribution < -0.4 is 14.2 Å². The zero-order valence-electron chi connectivity index (χ0n) is 13.0. The van der Waals surface area contributed by atoms with Gasteiger partial charge in [-0.2, -0.15) is 0 Å². The van der Waals surface area contributed by atoms with Gasteiger partial charge in [0.05, 0.1) is 14.2 Å². The minimum absolute atomic E-state index is 0.128. The first-order chi connectivity index (χ1) is 10.4. The zero-order valence-corrected chi connectivity index (χ0v) is 13.8. The van der Waals surface area contributed by atoms with Gasteiger partial charge in [0.2, 0.25) is 0 Å². The van der Waals surface area contributed by atoms with Crippen molar-refractivity contribution in [3.05, 3.63) is 47.5 Å². The molecule has 1 N–H and O–H groups in total. The summed E-state index contributed by atoms with van der Waals surface area (Å²) >= 11 is 0. The third kappa shape index (κ3) is 3.33. The molecular weight excluding hydrogens is 302 g/mol. The van der Waals surface area contributed by atoms with Crippen molar-refractivity contribution < 1.29 is 17.9 Å². The van der Waals surface area contributed by atoms with Gasteiger partial charge in [-0.05, 0) is 55.3 Å². The number of hydrogen-bond acceptors (Lipinski definition) is 4. The lowest BCUT2D eigenvalue weighted by atomic mass is 10.1. The molecule has 2 aromatic carbocycles. The predicted molar refractivity (Wildman–Crippen MR) is 86.3 cm³/mol. The Morgan fingerprint density at radius 1 is 0.955 bits per heavy atom. The number of methoxy groups -OCH3 is 2. The van der Waals surface area contributed by atoms with E-state index in [1.165, 1.54) is 7.11 Å². The Labute approximate surface area is 130 Å². The van der Waals surface area contributed by atoms with Gasteiger partial charge in [-0.25, -0.2) is 8.42 Å². The molecule has 0 heterocycles. The normalized spacial score (nSPS) is 11.1. The quantitative estimate of drug-likeness (QED) is 0.919. The van der Waals surface area contributed by atoms with Gasteiger partial charge in [0.15, 0.2) is 0 Å². The van der Waals surface area contributed by atoms with Crippen LogP contribution in [0.25, 0.3) is 0 Å². The Morgan fingerprint density at radius 2 is 1.59 bits per heavy atom. The van der Waals surface area contributed by atoms with E-state index < -0.39 is 10.0 Å². The Balaban J connectivity index is 2.41. The van der Waals surface area contributed by atoms with Crippen molar-refractivity contribution in [1.82, 2.24) is 0 Å². The van der Waals surface area contributed by atoms with E-state index in [9.17, 15) is 8.42 Å². The minimum atomic E-state index is -3.74. The summed E-state index contributed by atoms with van der Waals surface area (Å²) in [5.74, 6) is 1.01. The Hall–Kier alpha value is -2.21. The number of anilines is 1. The monoisotopic (exact) mass is 321 g/mol. The number of hydrogen-bond donors (Lipinski definition) is 1. The van der Waals surface area contributed by atoms with Crippen LogP contribution in [0.5, 0.6) is 11.5 Å². The molecule has 0 bridgehead atoms. The molecule has 22 heavy (non-hydrogen) atoms.